The monoisotopic (exact) mass is 411 g/mol. The van der Waals surface area contributed by atoms with E-state index in [1.807, 2.05) is 0 Å². The summed E-state index contributed by atoms with van der Waals surface area (Å²) in [5.74, 6) is -0.802. The highest BCUT2D eigenvalue weighted by Crippen LogP contribution is 2.36. The van der Waals surface area contributed by atoms with Crippen LogP contribution in [0, 0.1) is 11.7 Å². The molecule has 8 heteroatoms. The van der Waals surface area contributed by atoms with Gasteiger partial charge in [-0.15, -0.1) is 0 Å². The lowest BCUT2D eigenvalue weighted by molar-refractivity contribution is -0.116. The van der Waals surface area contributed by atoms with Gasteiger partial charge in [0.25, 0.3) is 5.88 Å². The van der Waals surface area contributed by atoms with Gasteiger partial charge in [-0.25, -0.2) is 9.37 Å². The minimum absolute atomic E-state index is 0.0409. The smallest absolute Gasteiger partial charge is 0.319 e. The molecule has 5 rings (SSSR count). The SMILES string of the molecule is O=CC1CC(Oc2ncc(-c3ccc4c5cnccc5n(C(F)F)c4c3)cc2F)C1. The van der Waals surface area contributed by atoms with Gasteiger partial charge in [0.05, 0.1) is 11.0 Å². The van der Waals surface area contributed by atoms with E-state index in [0.29, 0.717) is 45.8 Å². The zero-order chi connectivity index (χ0) is 20.8. The molecule has 4 aromatic rings. The lowest BCUT2D eigenvalue weighted by atomic mass is 9.83. The van der Waals surface area contributed by atoms with Gasteiger partial charge in [-0.1, -0.05) is 12.1 Å². The maximum atomic E-state index is 14.5. The summed E-state index contributed by atoms with van der Waals surface area (Å²) in [6.07, 6.45) is 6.23. The summed E-state index contributed by atoms with van der Waals surface area (Å²) < 4.78 is 48.5. The lowest BCUT2D eigenvalue weighted by Crippen LogP contribution is -2.34. The normalized spacial score (nSPS) is 18.7. The van der Waals surface area contributed by atoms with Crippen LogP contribution in [0.2, 0.25) is 0 Å². The fourth-order valence-corrected chi connectivity index (χ4v) is 3.92. The van der Waals surface area contributed by atoms with Gasteiger partial charge in [0.1, 0.15) is 12.4 Å². The largest absolute Gasteiger partial charge is 0.472 e. The number of alkyl halides is 2. The predicted molar refractivity (Wildman–Crippen MR) is 105 cm³/mol. The van der Waals surface area contributed by atoms with Gasteiger partial charge in [-0.2, -0.15) is 8.78 Å². The van der Waals surface area contributed by atoms with Crippen LogP contribution < -0.4 is 4.74 Å². The topological polar surface area (TPSA) is 57.0 Å². The summed E-state index contributed by atoms with van der Waals surface area (Å²) in [5.41, 5.74) is 1.73. The number of nitrogens with zero attached hydrogens (tertiary/aromatic N) is 3. The van der Waals surface area contributed by atoms with E-state index < -0.39 is 12.4 Å². The van der Waals surface area contributed by atoms with E-state index in [4.69, 9.17) is 4.74 Å². The molecule has 0 N–H and O–H groups in total. The zero-order valence-corrected chi connectivity index (χ0v) is 15.6. The van der Waals surface area contributed by atoms with E-state index in [0.717, 1.165) is 10.9 Å². The molecule has 0 radical (unpaired) electrons. The third-order valence-corrected chi connectivity index (χ3v) is 5.54. The number of pyridine rings is 2. The third kappa shape index (κ3) is 2.99. The number of aldehydes is 1. The van der Waals surface area contributed by atoms with Crippen LogP contribution >= 0.6 is 0 Å². The van der Waals surface area contributed by atoms with Crippen molar-refractivity contribution < 1.29 is 22.7 Å². The Morgan fingerprint density at radius 1 is 1.07 bits per heavy atom. The molecule has 0 saturated heterocycles. The van der Waals surface area contributed by atoms with Gasteiger partial charge in [0.15, 0.2) is 5.82 Å². The van der Waals surface area contributed by atoms with Crippen LogP contribution in [0.3, 0.4) is 0 Å². The predicted octanol–water partition coefficient (Wildman–Crippen LogP) is 5.14. The molecule has 1 aromatic carbocycles. The summed E-state index contributed by atoms with van der Waals surface area (Å²) in [6.45, 7) is -2.73. The molecular formula is C22H16F3N3O2. The van der Waals surface area contributed by atoms with Gasteiger partial charge in [-0.05, 0) is 36.6 Å². The molecule has 0 atom stereocenters. The zero-order valence-electron chi connectivity index (χ0n) is 15.6. The van der Waals surface area contributed by atoms with Crippen molar-refractivity contribution in [3.05, 3.63) is 54.7 Å². The molecule has 0 amide bonds. The van der Waals surface area contributed by atoms with Crippen molar-refractivity contribution in [2.75, 3.05) is 0 Å². The first-order chi connectivity index (χ1) is 14.5. The summed E-state index contributed by atoms with van der Waals surface area (Å²) in [6, 6.07) is 7.88. The van der Waals surface area contributed by atoms with E-state index in [1.54, 1.807) is 30.5 Å². The van der Waals surface area contributed by atoms with Crippen molar-refractivity contribution >= 4 is 28.1 Å². The summed E-state index contributed by atoms with van der Waals surface area (Å²) in [4.78, 5) is 18.8. The first kappa shape index (κ1) is 18.6. The fourth-order valence-electron chi connectivity index (χ4n) is 3.92. The van der Waals surface area contributed by atoms with Crippen LogP contribution in [0.25, 0.3) is 32.9 Å². The Balaban J connectivity index is 1.52. The average Bonchev–Trinajstić information content (AvgIpc) is 3.05. The second-order valence-electron chi connectivity index (χ2n) is 7.39. The van der Waals surface area contributed by atoms with Crippen LogP contribution in [-0.4, -0.2) is 26.9 Å². The van der Waals surface area contributed by atoms with Crippen LogP contribution in [-0.2, 0) is 4.79 Å². The highest BCUT2D eigenvalue weighted by Gasteiger charge is 2.31. The summed E-state index contributed by atoms with van der Waals surface area (Å²) >= 11 is 0. The maximum Gasteiger partial charge on any atom is 0.319 e. The van der Waals surface area contributed by atoms with Crippen molar-refractivity contribution in [2.24, 2.45) is 5.92 Å². The Morgan fingerprint density at radius 3 is 2.63 bits per heavy atom. The number of benzene rings is 1. The van der Waals surface area contributed by atoms with Crippen LogP contribution in [0.5, 0.6) is 5.88 Å². The average molecular weight is 411 g/mol. The molecule has 1 saturated carbocycles. The number of hydrogen-bond acceptors (Lipinski definition) is 4. The Labute approximate surface area is 169 Å². The van der Waals surface area contributed by atoms with Gasteiger partial charge < -0.3 is 9.53 Å². The minimum atomic E-state index is -2.73. The van der Waals surface area contributed by atoms with E-state index in [2.05, 4.69) is 9.97 Å². The summed E-state index contributed by atoms with van der Waals surface area (Å²) in [5, 5.41) is 1.27. The fraction of sp³-hybridized carbons (Fsp3) is 0.227. The number of rotatable bonds is 5. The molecule has 3 aromatic heterocycles. The van der Waals surface area contributed by atoms with Gasteiger partial charge >= 0.3 is 6.55 Å². The molecule has 1 aliphatic carbocycles. The second kappa shape index (κ2) is 7.12. The number of carbonyl (C=O) groups excluding carboxylic acids is 1. The number of fused-ring (bicyclic) bond motifs is 3. The second-order valence-corrected chi connectivity index (χ2v) is 7.39. The molecule has 0 spiro atoms. The Bertz CT molecular complexity index is 1270. The van der Waals surface area contributed by atoms with E-state index in [9.17, 15) is 18.0 Å². The van der Waals surface area contributed by atoms with Crippen LogP contribution in [0.15, 0.2) is 48.9 Å². The first-order valence-corrected chi connectivity index (χ1v) is 9.49. The Kier molecular flexibility index (Phi) is 4.42. The quantitative estimate of drug-likeness (QED) is 0.427. The molecule has 5 nitrogen and oxygen atoms in total. The standard InChI is InChI=1S/C22H16F3N3O2/c23-18-7-14(9-27-21(18)30-15-5-12(6-15)11-29)13-1-2-16-17-10-26-4-3-19(17)28(22(24)25)20(16)8-13/h1-4,7-12,15,22H,5-6H2. The molecule has 0 aliphatic heterocycles. The Hall–Kier alpha value is -3.42. The van der Waals surface area contributed by atoms with Crippen LogP contribution in [0.1, 0.15) is 19.4 Å². The lowest BCUT2D eigenvalue weighted by Gasteiger charge is -2.31. The number of halogens is 3. The van der Waals surface area contributed by atoms with E-state index >= 15 is 0 Å². The molecule has 30 heavy (non-hydrogen) atoms. The molecule has 1 fully saturated rings. The minimum Gasteiger partial charge on any atom is -0.472 e. The summed E-state index contributed by atoms with van der Waals surface area (Å²) in [7, 11) is 0. The van der Waals surface area contributed by atoms with Crippen LogP contribution in [0.4, 0.5) is 13.2 Å². The van der Waals surface area contributed by atoms with Crippen molar-refractivity contribution in [3.8, 4) is 17.0 Å². The van der Waals surface area contributed by atoms with Crippen molar-refractivity contribution in [1.82, 2.24) is 14.5 Å². The van der Waals surface area contributed by atoms with E-state index in [-0.39, 0.29) is 17.9 Å². The van der Waals surface area contributed by atoms with Crippen molar-refractivity contribution in [1.29, 1.82) is 0 Å². The van der Waals surface area contributed by atoms with Gasteiger partial charge in [-0.3, -0.25) is 9.55 Å². The maximum absolute atomic E-state index is 14.5. The number of hydrogen-bond donors (Lipinski definition) is 0. The van der Waals surface area contributed by atoms with Gasteiger partial charge in [0, 0.05) is 40.8 Å². The molecule has 0 bridgehead atoms. The molecule has 152 valence electrons. The number of aromatic nitrogens is 3. The number of carbonyl (C=O) groups is 1. The molecule has 3 heterocycles. The third-order valence-electron chi connectivity index (χ3n) is 5.54. The van der Waals surface area contributed by atoms with E-state index in [1.165, 1.54) is 18.5 Å². The highest BCUT2D eigenvalue weighted by molar-refractivity contribution is 6.08. The van der Waals surface area contributed by atoms with Crippen molar-refractivity contribution in [3.63, 3.8) is 0 Å². The van der Waals surface area contributed by atoms with Crippen molar-refractivity contribution in [2.45, 2.75) is 25.5 Å². The highest BCUT2D eigenvalue weighted by atomic mass is 19.3. The Morgan fingerprint density at radius 2 is 1.90 bits per heavy atom. The number of ether oxygens (including phenoxy) is 1. The molecular weight excluding hydrogens is 395 g/mol. The molecule has 1 aliphatic rings. The molecule has 0 unspecified atom stereocenters. The van der Waals surface area contributed by atoms with Gasteiger partial charge in [0.2, 0.25) is 0 Å². The first-order valence-electron chi connectivity index (χ1n) is 9.49.